The summed E-state index contributed by atoms with van der Waals surface area (Å²) in [4.78, 5) is 15.0. The zero-order valence-electron chi connectivity index (χ0n) is 13.1. The number of nitrogens with zero attached hydrogens (tertiary/aromatic N) is 1. The van der Waals surface area contributed by atoms with Crippen LogP contribution in [0.25, 0.3) is 0 Å². The highest BCUT2D eigenvalue weighted by Crippen LogP contribution is 2.19. The summed E-state index contributed by atoms with van der Waals surface area (Å²) in [6.45, 7) is 6.23. The molecule has 0 radical (unpaired) electrons. The number of carboxylic acids is 1. The van der Waals surface area contributed by atoms with Crippen molar-refractivity contribution in [2.45, 2.75) is 45.6 Å². The Hall–Kier alpha value is -1.82. The third-order valence-corrected chi connectivity index (χ3v) is 3.62. The molecule has 6 heteroatoms. The van der Waals surface area contributed by atoms with Gasteiger partial charge in [-0.3, -0.25) is 4.99 Å². The van der Waals surface area contributed by atoms with E-state index in [2.05, 4.69) is 4.99 Å². The fourth-order valence-electron chi connectivity index (χ4n) is 2.32. The molecule has 1 unspecified atom stereocenters. The number of rotatable bonds is 7. The fraction of sp³-hybridized carbons (Fsp3) is 0.500. The van der Waals surface area contributed by atoms with E-state index >= 15 is 0 Å². The van der Waals surface area contributed by atoms with Gasteiger partial charge in [-0.1, -0.05) is 17.7 Å². The molecular weight excluding hydrogens is 290 g/mol. The second-order valence-corrected chi connectivity index (χ2v) is 5.60. The van der Waals surface area contributed by atoms with Gasteiger partial charge in [-0.15, -0.1) is 0 Å². The number of halogens is 2. The lowest BCUT2D eigenvalue weighted by Crippen LogP contribution is -2.54. The average Bonchev–Trinajstić information content (AvgIpc) is 2.39. The van der Waals surface area contributed by atoms with Gasteiger partial charge < -0.3 is 10.8 Å². The first-order valence-corrected chi connectivity index (χ1v) is 7.06. The Balaban J connectivity index is 2.63. The van der Waals surface area contributed by atoms with Crippen LogP contribution >= 0.6 is 0 Å². The van der Waals surface area contributed by atoms with Gasteiger partial charge in [-0.05, 0) is 50.3 Å². The zero-order valence-corrected chi connectivity index (χ0v) is 13.1. The van der Waals surface area contributed by atoms with E-state index in [4.69, 9.17) is 10.8 Å². The monoisotopic (exact) mass is 312 g/mol. The number of aryl methyl sites for hydroxylation is 3. The Labute approximate surface area is 129 Å². The second-order valence-electron chi connectivity index (χ2n) is 5.60. The third-order valence-electron chi connectivity index (χ3n) is 3.62. The highest BCUT2D eigenvalue weighted by atomic mass is 19.3. The van der Waals surface area contributed by atoms with Gasteiger partial charge in [-0.2, -0.15) is 0 Å². The van der Waals surface area contributed by atoms with Crippen LogP contribution in [0.1, 0.15) is 35.1 Å². The van der Waals surface area contributed by atoms with Gasteiger partial charge in [0.05, 0.1) is 0 Å². The molecular formula is C16H22F2N2O2. The normalized spacial score (nSPS) is 14.5. The smallest absolute Gasteiger partial charge is 0.329 e. The first-order chi connectivity index (χ1) is 10.2. The maximum Gasteiger partial charge on any atom is 0.329 e. The van der Waals surface area contributed by atoms with Crippen LogP contribution < -0.4 is 5.73 Å². The molecule has 0 aromatic heterocycles. The van der Waals surface area contributed by atoms with Gasteiger partial charge in [0.1, 0.15) is 0 Å². The minimum atomic E-state index is -3.10. The minimum absolute atomic E-state index is 0.188. The number of nitrogens with two attached hydrogens (primary N) is 1. The van der Waals surface area contributed by atoms with E-state index in [0.29, 0.717) is 0 Å². The molecule has 4 nitrogen and oxygen atoms in total. The van der Waals surface area contributed by atoms with E-state index in [-0.39, 0.29) is 19.4 Å². The Morgan fingerprint density at radius 2 is 1.91 bits per heavy atom. The van der Waals surface area contributed by atoms with Crippen molar-refractivity contribution in [2.24, 2.45) is 10.7 Å². The molecule has 22 heavy (non-hydrogen) atoms. The molecule has 0 saturated carbocycles. The third kappa shape index (κ3) is 4.34. The van der Waals surface area contributed by atoms with Crippen LogP contribution in [0.4, 0.5) is 8.78 Å². The number of aliphatic imine (C=N–C) groups is 1. The zero-order chi connectivity index (χ0) is 16.9. The van der Waals surface area contributed by atoms with E-state index < -0.39 is 17.9 Å². The molecule has 1 aromatic carbocycles. The van der Waals surface area contributed by atoms with Gasteiger partial charge >= 0.3 is 5.97 Å². The number of hydrogen-bond donors (Lipinski definition) is 2. The highest BCUT2D eigenvalue weighted by molar-refractivity contribution is 5.84. The molecule has 3 N–H and O–H groups in total. The predicted octanol–water partition coefficient (Wildman–Crippen LogP) is 2.86. The molecule has 0 heterocycles. The largest absolute Gasteiger partial charge is 0.480 e. The van der Waals surface area contributed by atoms with Crippen LogP contribution in [0.3, 0.4) is 0 Å². The molecule has 0 aliphatic heterocycles. The van der Waals surface area contributed by atoms with Crippen molar-refractivity contribution in [3.63, 3.8) is 0 Å². The number of alkyl halides is 2. The molecule has 0 aliphatic carbocycles. The van der Waals surface area contributed by atoms with Gasteiger partial charge in [0, 0.05) is 12.8 Å². The van der Waals surface area contributed by atoms with E-state index in [0.717, 1.165) is 16.7 Å². The van der Waals surface area contributed by atoms with Crippen molar-refractivity contribution in [3.8, 4) is 0 Å². The molecule has 1 atom stereocenters. The van der Waals surface area contributed by atoms with Crippen LogP contribution in [-0.2, 0) is 4.79 Å². The van der Waals surface area contributed by atoms with Crippen LogP contribution in [0.15, 0.2) is 17.1 Å². The van der Waals surface area contributed by atoms with Crippen molar-refractivity contribution in [1.82, 2.24) is 0 Å². The van der Waals surface area contributed by atoms with Gasteiger partial charge in [-0.25, -0.2) is 13.6 Å². The SMILES string of the molecule is Cc1cc(C)c(C=NCCCC(N)(C(=O)O)C(F)F)c(C)c1. The van der Waals surface area contributed by atoms with Crippen LogP contribution in [0.2, 0.25) is 0 Å². The lowest BCUT2D eigenvalue weighted by atomic mass is 9.95. The first kappa shape index (κ1) is 18.2. The van der Waals surface area contributed by atoms with E-state index in [1.54, 1.807) is 6.21 Å². The Bertz CT molecular complexity index is 550. The lowest BCUT2D eigenvalue weighted by Gasteiger charge is -2.22. The minimum Gasteiger partial charge on any atom is -0.480 e. The summed E-state index contributed by atoms with van der Waals surface area (Å²) in [6.07, 6.45) is -1.53. The summed E-state index contributed by atoms with van der Waals surface area (Å²) in [6, 6.07) is 4.08. The summed E-state index contributed by atoms with van der Waals surface area (Å²) < 4.78 is 25.4. The summed E-state index contributed by atoms with van der Waals surface area (Å²) >= 11 is 0. The molecule has 1 aromatic rings. The van der Waals surface area contributed by atoms with E-state index in [9.17, 15) is 13.6 Å². The van der Waals surface area contributed by atoms with Crippen LogP contribution in [0, 0.1) is 20.8 Å². The molecule has 0 amide bonds. The van der Waals surface area contributed by atoms with Crippen LogP contribution in [-0.4, -0.2) is 35.8 Å². The summed E-state index contributed by atoms with van der Waals surface area (Å²) in [5.74, 6) is -1.68. The Morgan fingerprint density at radius 1 is 1.36 bits per heavy atom. The van der Waals surface area contributed by atoms with Crippen molar-refractivity contribution in [1.29, 1.82) is 0 Å². The highest BCUT2D eigenvalue weighted by Gasteiger charge is 2.43. The van der Waals surface area contributed by atoms with Crippen molar-refractivity contribution in [2.75, 3.05) is 6.54 Å². The Morgan fingerprint density at radius 3 is 2.36 bits per heavy atom. The summed E-state index contributed by atoms with van der Waals surface area (Å²) in [5, 5.41) is 8.79. The fourth-order valence-corrected chi connectivity index (χ4v) is 2.32. The van der Waals surface area contributed by atoms with E-state index in [1.807, 2.05) is 32.9 Å². The van der Waals surface area contributed by atoms with Gasteiger partial charge in [0.2, 0.25) is 0 Å². The molecule has 0 saturated heterocycles. The quantitative estimate of drug-likeness (QED) is 0.600. The first-order valence-electron chi connectivity index (χ1n) is 7.06. The number of aliphatic carboxylic acids is 1. The molecule has 0 aliphatic rings. The van der Waals surface area contributed by atoms with Crippen molar-refractivity contribution < 1.29 is 18.7 Å². The van der Waals surface area contributed by atoms with Crippen molar-refractivity contribution >= 4 is 12.2 Å². The number of benzene rings is 1. The van der Waals surface area contributed by atoms with Crippen molar-refractivity contribution in [3.05, 3.63) is 34.4 Å². The maximum atomic E-state index is 12.7. The lowest BCUT2D eigenvalue weighted by molar-refractivity contribution is -0.150. The Kier molecular flexibility index (Phi) is 6.17. The maximum absolute atomic E-state index is 12.7. The standard InChI is InChI=1S/C16H22F2N2O2/c1-10-7-11(2)13(12(3)8-10)9-20-6-4-5-16(19,14(17)18)15(21)22/h7-9,14H,4-6,19H2,1-3H3,(H,21,22). The summed E-state index contributed by atoms with van der Waals surface area (Å²) in [7, 11) is 0. The molecule has 1 rings (SSSR count). The van der Waals surface area contributed by atoms with Gasteiger partial charge in [0.15, 0.2) is 5.54 Å². The predicted molar refractivity (Wildman–Crippen MR) is 82.9 cm³/mol. The van der Waals surface area contributed by atoms with E-state index in [1.165, 1.54) is 5.56 Å². The number of carbonyl (C=O) groups is 1. The average molecular weight is 312 g/mol. The molecule has 0 fully saturated rings. The number of hydrogen-bond acceptors (Lipinski definition) is 3. The number of carboxylic acid groups (broad SMARTS) is 1. The second kappa shape index (κ2) is 7.45. The van der Waals surface area contributed by atoms with Crippen LogP contribution in [0.5, 0.6) is 0 Å². The topological polar surface area (TPSA) is 75.7 Å². The molecule has 0 spiro atoms. The molecule has 122 valence electrons. The summed E-state index contributed by atoms with van der Waals surface area (Å²) in [5.41, 5.74) is 7.09. The van der Waals surface area contributed by atoms with Gasteiger partial charge in [0.25, 0.3) is 6.43 Å². The molecule has 0 bridgehead atoms.